The Labute approximate surface area is 133 Å². The Balaban J connectivity index is 2.08. The number of nitrogens with zero attached hydrogens (tertiary/aromatic N) is 4. The van der Waals surface area contributed by atoms with Crippen LogP contribution in [-0.4, -0.2) is 19.6 Å². The molecular weight excluding hydrogens is 274 g/mol. The highest BCUT2D eigenvalue weighted by Crippen LogP contribution is 2.22. The standard InChI is InChI=1S/C17H27N5/c1-7-9-21-11-16(12(3)19-21)10-18-13(4)17-14(5)20-22(8-2)15(17)6/h7,11,13,18H,1,8-10H2,2-6H3. The molecule has 5 nitrogen and oxygen atoms in total. The first-order valence-corrected chi connectivity index (χ1v) is 7.89. The summed E-state index contributed by atoms with van der Waals surface area (Å²) >= 11 is 0. The minimum absolute atomic E-state index is 0.266. The van der Waals surface area contributed by atoms with Gasteiger partial charge < -0.3 is 5.32 Å². The van der Waals surface area contributed by atoms with Crippen LogP contribution in [-0.2, 0) is 19.6 Å². The average Bonchev–Trinajstić information content (AvgIpc) is 2.96. The third-order valence-corrected chi connectivity index (χ3v) is 4.13. The lowest BCUT2D eigenvalue weighted by Crippen LogP contribution is -2.19. The van der Waals surface area contributed by atoms with E-state index in [2.05, 4.69) is 60.7 Å². The van der Waals surface area contributed by atoms with Crippen LogP contribution in [0.25, 0.3) is 0 Å². The van der Waals surface area contributed by atoms with E-state index >= 15 is 0 Å². The van der Waals surface area contributed by atoms with Gasteiger partial charge in [0.25, 0.3) is 0 Å². The van der Waals surface area contributed by atoms with Crippen molar-refractivity contribution in [2.45, 2.75) is 60.3 Å². The van der Waals surface area contributed by atoms with E-state index in [9.17, 15) is 0 Å². The summed E-state index contributed by atoms with van der Waals surface area (Å²) in [6.07, 6.45) is 3.95. The molecule has 0 aliphatic heterocycles. The summed E-state index contributed by atoms with van der Waals surface area (Å²) < 4.78 is 3.99. The highest BCUT2D eigenvalue weighted by molar-refractivity contribution is 5.28. The molecule has 0 saturated carbocycles. The van der Waals surface area contributed by atoms with Gasteiger partial charge in [-0.2, -0.15) is 10.2 Å². The van der Waals surface area contributed by atoms with Crippen molar-refractivity contribution in [1.82, 2.24) is 24.9 Å². The molecule has 0 fully saturated rings. The van der Waals surface area contributed by atoms with Crippen LogP contribution in [0.5, 0.6) is 0 Å². The van der Waals surface area contributed by atoms with E-state index in [0.29, 0.717) is 0 Å². The van der Waals surface area contributed by atoms with E-state index < -0.39 is 0 Å². The predicted octanol–water partition coefficient (Wildman–Crippen LogP) is 3.06. The second-order valence-corrected chi connectivity index (χ2v) is 5.75. The minimum atomic E-state index is 0.266. The molecule has 1 unspecified atom stereocenters. The fourth-order valence-electron chi connectivity index (χ4n) is 2.97. The van der Waals surface area contributed by atoms with Crippen LogP contribution in [0.2, 0.25) is 0 Å². The number of aryl methyl sites for hydroxylation is 3. The zero-order valence-corrected chi connectivity index (χ0v) is 14.3. The third kappa shape index (κ3) is 3.30. The Kier molecular flexibility index (Phi) is 5.19. The summed E-state index contributed by atoms with van der Waals surface area (Å²) in [5.41, 5.74) is 5.96. The van der Waals surface area contributed by atoms with Crippen LogP contribution in [0.3, 0.4) is 0 Å². The number of hydrogen-bond acceptors (Lipinski definition) is 3. The second-order valence-electron chi connectivity index (χ2n) is 5.75. The molecule has 0 spiro atoms. The van der Waals surface area contributed by atoms with Gasteiger partial charge in [0.1, 0.15) is 0 Å². The van der Waals surface area contributed by atoms with Crippen molar-refractivity contribution in [3.8, 4) is 0 Å². The quantitative estimate of drug-likeness (QED) is 0.800. The lowest BCUT2D eigenvalue weighted by Gasteiger charge is -2.14. The molecule has 2 aromatic rings. The fraction of sp³-hybridized carbons (Fsp3) is 0.529. The van der Waals surface area contributed by atoms with Crippen molar-refractivity contribution in [3.63, 3.8) is 0 Å². The number of nitrogens with one attached hydrogen (secondary N) is 1. The first-order chi connectivity index (χ1) is 10.5. The Morgan fingerprint density at radius 3 is 2.59 bits per heavy atom. The molecule has 0 bridgehead atoms. The maximum Gasteiger partial charge on any atom is 0.0644 e. The SMILES string of the molecule is C=CCn1cc(CNC(C)c2c(C)nn(CC)c2C)c(C)n1. The van der Waals surface area contributed by atoms with E-state index in [1.165, 1.54) is 16.8 Å². The van der Waals surface area contributed by atoms with Gasteiger partial charge in [-0.15, -0.1) is 6.58 Å². The molecule has 2 aromatic heterocycles. The monoisotopic (exact) mass is 301 g/mol. The van der Waals surface area contributed by atoms with Crippen molar-refractivity contribution >= 4 is 0 Å². The summed E-state index contributed by atoms with van der Waals surface area (Å²) in [6, 6.07) is 0.266. The molecule has 1 N–H and O–H groups in total. The molecule has 0 aliphatic rings. The van der Waals surface area contributed by atoms with Crippen molar-refractivity contribution in [3.05, 3.63) is 47.1 Å². The van der Waals surface area contributed by atoms with Gasteiger partial charge in [0.15, 0.2) is 0 Å². The second kappa shape index (κ2) is 6.92. The van der Waals surface area contributed by atoms with Crippen molar-refractivity contribution < 1.29 is 0 Å². The van der Waals surface area contributed by atoms with E-state index in [0.717, 1.165) is 31.0 Å². The van der Waals surface area contributed by atoms with Gasteiger partial charge in [0.05, 0.1) is 17.9 Å². The summed E-state index contributed by atoms with van der Waals surface area (Å²) in [4.78, 5) is 0. The first kappa shape index (κ1) is 16.5. The lowest BCUT2D eigenvalue weighted by molar-refractivity contribution is 0.565. The van der Waals surface area contributed by atoms with Crippen molar-refractivity contribution in [1.29, 1.82) is 0 Å². The Hall–Kier alpha value is -1.88. The minimum Gasteiger partial charge on any atom is -0.306 e. The average molecular weight is 301 g/mol. The van der Waals surface area contributed by atoms with Crippen LogP contribution < -0.4 is 5.32 Å². The smallest absolute Gasteiger partial charge is 0.0644 e. The lowest BCUT2D eigenvalue weighted by atomic mass is 10.1. The molecule has 2 heterocycles. The largest absolute Gasteiger partial charge is 0.306 e. The molecule has 5 heteroatoms. The first-order valence-electron chi connectivity index (χ1n) is 7.89. The van der Waals surface area contributed by atoms with Crippen LogP contribution in [0.15, 0.2) is 18.9 Å². The summed E-state index contributed by atoms with van der Waals surface area (Å²) in [6.45, 7) is 16.8. The number of aromatic nitrogens is 4. The maximum atomic E-state index is 4.60. The van der Waals surface area contributed by atoms with E-state index in [-0.39, 0.29) is 6.04 Å². The van der Waals surface area contributed by atoms with Crippen LogP contribution in [0, 0.1) is 20.8 Å². The van der Waals surface area contributed by atoms with Crippen LogP contribution in [0.1, 0.15) is 48.1 Å². The molecule has 2 rings (SSSR count). The number of rotatable bonds is 7. The maximum absolute atomic E-state index is 4.60. The zero-order chi connectivity index (χ0) is 16.3. The summed E-state index contributed by atoms with van der Waals surface area (Å²) in [7, 11) is 0. The molecule has 22 heavy (non-hydrogen) atoms. The van der Waals surface area contributed by atoms with E-state index in [1.807, 2.05) is 17.7 Å². The Morgan fingerprint density at radius 1 is 1.27 bits per heavy atom. The molecule has 0 amide bonds. The predicted molar refractivity (Wildman–Crippen MR) is 89.8 cm³/mol. The van der Waals surface area contributed by atoms with Crippen LogP contribution >= 0.6 is 0 Å². The van der Waals surface area contributed by atoms with E-state index in [4.69, 9.17) is 0 Å². The Bertz CT molecular complexity index is 650. The van der Waals surface area contributed by atoms with Gasteiger partial charge in [-0.3, -0.25) is 9.36 Å². The van der Waals surface area contributed by atoms with Gasteiger partial charge >= 0.3 is 0 Å². The Morgan fingerprint density at radius 2 is 2.00 bits per heavy atom. The van der Waals surface area contributed by atoms with Gasteiger partial charge in [0.2, 0.25) is 0 Å². The third-order valence-electron chi connectivity index (χ3n) is 4.13. The summed E-state index contributed by atoms with van der Waals surface area (Å²) in [5.74, 6) is 0. The highest BCUT2D eigenvalue weighted by Gasteiger charge is 2.17. The molecule has 1 atom stereocenters. The van der Waals surface area contributed by atoms with Crippen molar-refractivity contribution in [2.75, 3.05) is 0 Å². The number of hydrogen-bond donors (Lipinski definition) is 1. The molecule has 0 aliphatic carbocycles. The highest BCUT2D eigenvalue weighted by atomic mass is 15.3. The molecule has 0 aromatic carbocycles. The zero-order valence-electron chi connectivity index (χ0n) is 14.3. The van der Waals surface area contributed by atoms with Gasteiger partial charge in [0, 0.05) is 42.1 Å². The molecule has 0 saturated heterocycles. The van der Waals surface area contributed by atoms with Gasteiger partial charge in [-0.1, -0.05) is 6.08 Å². The van der Waals surface area contributed by atoms with Gasteiger partial charge in [-0.25, -0.2) is 0 Å². The fourth-order valence-corrected chi connectivity index (χ4v) is 2.97. The molecule has 0 radical (unpaired) electrons. The van der Waals surface area contributed by atoms with Crippen LogP contribution in [0.4, 0.5) is 0 Å². The van der Waals surface area contributed by atoms with Crippen molar-refractivity contribution in [2.24, 2.45) is 0 Å². The van der Waals surface area contributed by atoms with E-state index in [1.54, 1.807) is 0 Å². The summed E-state index contributed by atoms with van der Waals surface area (Å²) in [5, 5.41) is 12.7. The van der Waals surface area contributed by atoms with Gasteiger partial charge in [-0.05, 0) is 34.6 Å². The molecule has 120 valence electrons. The molecular formula is C17H27N5. The normalized spacial score (nSPS) is 12.6. The number of allylic oxidation sites excluding steroid dienone is 1. The topological polar surface area (TPSA) is 47.7 Å².